The van der Waals surface area contributed by atoms with Gasteiger partial charge in [-0.2, -0.15) is 0 Å². The third-order valence-electron chi connectivity index (χ3n) is 4.27. The second kappa shape index (κ2) is 7.86. The first-order valence-electron chi connectivity index (χ1n) is 8.91. The van der Waals surface area contributed by atoms with Gasteiger partial charge in [-0.1, -0.05) is 65.4 Å². The van der Waals surface area contributed by atoms with Crippen LogP contribution in [0.15, 0.2) is 70.3 Å². The highest BCUT2D eigenvalue weighted by Crippen LogP contribution is 2.26. The number of aryl methyl sites for hydroxylation is 2. The van der Waals surface area contributed by atoms with Gasteiger partial charge < -0.3 is 9.73 Å². The first-order valence-corrected chi connectivity index (χ1v) is 9.89. The molecule has 0 saturated heterocycles. The summed E-state index contributed by atoms with van der Waals surface area (Å²) in [6.07, 6.45) is 0. The number of fused-ring (bicyclic) bond motifs is 1. The molecule has 0 aliphatic carbocycles. The molecular weight excluding hydrogens is 370 g/mol. The molecule has 1 amide bonds. The van der Waals surface area contributed by atoms with E-state index < -0.39 is 0 Å². The van der Waals surface area contributed by atoms with E-state index in [4.69, 9.17) is 4.42 Å². The molecule has 4 aromatic rings. The van der Waals surface area contributed by atoms with Crippen molar-refractivity contribution in [2.24, 2.45) is 0 Å². The number of anilines is 1. The molecule has 0 spiro atoms. The van der Waals surface area contributed by atoms with Crippen LogP contribution in [-0.2, 0) is 4.79 Å². The summed E-state index contributed by atoms with van der Waals surface area (Å²) in [6, 6.07) is 19.9. The van der Waals surface area contributed by atoms with Crippen molar-refractivity contribution in [3.05, 3.63) is 71.8 Å². The lowest BCUT2D eigenvalue weighted by molar-refractivity contribution is -0.113. The topological polar surface area (TPSA) is 68.0 Å². The Balaban J connectivity index is 1.42. The lowest BCUT2D eigenvalue weighted by Gasteiger charge is -2.07. The maximum atomic E-state index is 12.4. The Morgan fingerprint density at radius 2 is 1.75 bits per heavy atom. The summed E-state index contributed by atoms with van der Waals surface area (Å²) >= 11 is 1.22. The third kappa shape index (κ3) is 4.07. The number of aromatic nitrogens is 2. The van der Waals surface area contributed by atoms with Crippen molar-refractivity contribution < 1.29 is 9.21 Å². The Kier molecular flexibility index (Phi) is 5.12. The smallest absolute Gasteiger partial charge is 0.277 e. The van der Waals surface area contributed by atoms with E-state index in [-0.39, 0.29) is 11.7 Å². The van der Waals surface area contributed by atoms with Crippen LogP contribution in [0.5, 0.6) is 0 Å². The number of nitrogens with one attached hydrogen (secondary N) is 1. The van der Waals surface area contributed by atoms with Crippen molar-refractivity contribution in [3.63, 3.8) is 0 Å². The number of rotatable bonds is 5. The summed E-state index contributed by atoms with van der Waals surface area (Å²) in [5.41, 5.74) is 3.95. The van der Waals surface area contributed by atoms with Gasteiger partial charge in [-0.25, -0.2) is 0 Å². The molecule has 3 aromatic carbocycles. The molecule has 1 aromatic heterocycles. The number of thioether (sulfide) groups is 1. The maximum absolute atomic E-state index is 12.4. The number of benzene rings is 3. The first kappa shape index (κ1) is 18.3. The predicted molar refractivity (Wildman–Crippen MR) is 113 cm³/mol. The molecule has 1 heterocycles. The molecule has 28 heavy (non-hydrogen) atoms. The van der Waals surface area contributed by atoms with Gasteiger partial charge in [-0.3, -0.25) is 4.79 Å². The fourth-order valence-corrected chi connectivity index (χ4v) is 3.69. The van der Waals surface area contributed by atoms with Gasteiger partial charge in [0.15, 0.2) is 0 Å². The predicted octanol–water partition coefficient (Wildman–Crippen LogP) is 5.24. The summed E-state index contributed by atoms with van der Waals surface area (Å²) in [4.78, 5) is 12.4. The van der Waals surface area contributed by atoms with E-state index in [0.29, 0.717) is 11.1 Å². The van der Waals surface area contributed by atoms with Crippen molar-refractivity contribution in [1.82, 2.24) is 10.2 Å². The molecule has 0 radical (unpaired) electrons. The van der Waals surface area contributed by atoms with Crippen molar-refractivity contribution in [3.8, 4) is 11.5 Å². The summed E-state index contributed by atoms with van der Waals surface area (Å²) in [5, 5.41) is 13.6. The van der Waals surface area contributed by atoms with Crippen LogP contribution in [0, 0.1) is 13.8 Å². The van der Waals surface area contributed by atoms with Crippen molar-refractivity contribution >= 4 is 34.1 Å². The quantitative estimate of drug-likeness (QED) is 0.473. The standard InChI is InChI=1S/C22H19N3O2S/c1-14-10-15(2)12-17(11-14)21-24-25-22(27-21)28-13-20(26)23-19-9-5-7-16-6-3-4-8-18(16)19/h3-12H,13H2,1-2H3,(H,23,26). The van der Waals surface area contributed by atoms with Crippen LogP contribution < -0.4 is 5.32 Å². The Morgan fingerprint density at radius 1 is 1.00 bits per heavy atom. The highest BCUT2D eigenvalue weighted by molar-refractivity contribution is 7.99. The first-order chi connectivity index (χ1) is 13.6. The zero-order valence-corrected chi connectivity index (χ0v) is 16.4. The van der Waals surface area contributed by atoms with E-state index in [2.05, 4.69) is 21.6 Å². The normalized spacial score (nSPS) is 10.9. The second-order valence-corrected chi connectivity index (χ2v) is 7.54. The lowest BCUT2D eigenvalue weighted by atomic mass is 10.1. The summed E-state index contributed by atoms with van der Waals surface area (Å²) in [7, 11) is 0. The average Bonchev–Trinajstić information content (AvgIpc) is 3.15. The molecule has 6 heteroatoms. The number of amides is 1. The summed E-state index contributed by atoms with van der Waals surface area (Å²) in [5.74, 6) is 0.536. The van der Waals surface area contributed by atoms with Crippen molar-refractivity contribution in [1.29, 1.82) is 0 Å². The van der Waals surface area contributed by atoms with E-state index in [1.54, 1.807) is 0 Å². The number of nitrogens with zero attached hydrogens (tertiary/aromatic N) is 2. The van der Waals surface area contributed by atoms with Crippen LogP contribution in [0.3, 0.4) is 0 Å². The van der Waals surface area contributed by atoms with Crippen LogP contribution >= 0.6 is 11.8 Å². The van der Waals surface area contributed by atoms with Crippen LogP contribution in [0.2, 0.25) is 0 Å². The maximum Gasteiger partial charge on any atom is 0.277 e. The van der Waals surface area contributed by atoms with Gasteiger partial charge in [-0.15, -0.1) is 10.2 Å². The van der Waals surface area contributed by atoms with E-state index in [1.807, 2.05) is 68.4 Å². The van der Waals surface area contributed by atoms with Crippen LogP contribution in [0.25, 0.3) is 22.2 Å². The van der Waals surface area contributed by atoms with Gasteiger partial charge in [0.25, 0.3) is 5.22 Å². The van der Waals surface area contributed by atoms with Crippen molar-refractivity contribution in [2.75, 3.05) is 11.1 Å². The van der Waals surface area contributed by atoms with E-state index in [1.165, 1.54) is 11.8 Å². The van der Waals surface area contributed by atoms with Gasteiger partial charge in [0, 0.05) is 16.6 Å². The van der Waals surface area contributed by atoms with Crippen LogP contribution in [0.1, 0.15) is 11.1 Å². The molecule has 0 atom stereocenters. The summed E-state index contributed by atoms with van der Waals surface area (Å²) in [6.45, 7) is 4.06. The van der Waals surface area contributed by atoms with E-state index in [9.17, 15) is 4.79 Å². The molecule has 0 bridgehead atoms. The molecule has 0 saturated carbocycles. The largest absolute Gasteiger partial charge is 0.411 e. The fourth-order valence-electron chi connectivity index (χ4n) is 3.13. The Hall–Kier alpha value is -3.12. The van der Waals surface area contributed by atoms with E-state index >= 15 is 0 Å². The number of hydrogen-bond acceptors (Lipinski definition) is 5. The molecule has 0 fully saturated rings. The third-order valence-corrected chi connectivity index (χ3v) is 5.08. The van der Waals surface area contributed by atoms with Crippen LogP contribution in [-0.4, -0.2) is 21.9 Å². The molecule has 0 aliphatic heterocycles. The van der Waals surface area contributed by atoms with Gasteiger partial charge in [0.05, 0.1) is 5.75 Å². The lowest BCUT2D eigenvalue weighted by Crippen LogP contribution is -2.14. The zero-order valence-electron chi connectivity index (χ0n) is 15.6. The molecule has 4 rings (SSSR count). The van der Waals surface area contributed by atoms with Gasteiger partial charge in [0.1, 0.15) is 0 Å². The minimum atomic E-state index is -0.118. The Bertz CT molecular complexity index is 1130. The monoisotopic (exact) mass is 389 g/mol. The van der Waals surface area contributed by atoms with Crippen molar-refractivity contribution in [2.45, 2.75) is 19.1 Å². The van der Waals surface area contributed by atoms with Gasteiger partial charge >= 0.3 is 0 Å². The molecule has 140 valence electrons. The van der Waals surface area contributed by atoms with E-state index in [0.717, 1.165) is 33.2 Å². The number of carbonyl (C=O) groups excluding carboxylic acids is 1. The average molecular weight is 389 g/mol. The minimum absolute atomic E-state index is 0.118. The molecule has 5 nitrogen and oxygen atoms in total. The zero-order chi connectivity index (χ0) is 19.5. The second-order valence-electron chi connectivity index (χ2n) is 6.61. The molecular formula is C22H19N3O2S. The minimum Gasteiger partial charge on any atom is -0.411 e. The summed E-state index contributed by atoms with van der Waals surface area (Å²) < 4.78 is 5.71. The highest BCUT2D eigenvalue weighted by atomic mass is 32.2. The SMILES string of the molecule is Cc1cc(C)cc(-c2nnc(SCC(=O)Nc3cccc4ccccc34)o2)c1. The highest BCUT2D eigenvalue weighted by Gasteiger charge is 2.12. The number of carbonyl (C=O) groups is 1. The Morgan fingerprint density at radius 3 is 2.57 bits per heavy atom. The number of hydrogen-bond donors (Lipinski definition) is 1. The van der Waals surface area contributed by atoms with Gasteiger partial charge in [-0.05, 0) is 37.4 Å². The molecule has 0 unspecified atom stereocenters. The Labute approximate surface area is 167 Å². The molecule has 0 aliphatic rings. The fraction of sp³-hybridized carbons (Fsp3) is 0.136. The molecule has 1 N–H and O–H groups in total. The van der Waals surface area contributed by atoms with Crippen LogP contribution in [0.4, 0.5) is 5.69 Å². The van der Waals surface area contributed by atoms with Gasteiger partial charge in [0.2, 0.25) is 11.8 Å².